The van der Waals surface area contributed by atoms with Crippen molar-refractivity contribution in [1.82, 2.24) is 0 Å². The maximum Gasteiger partial charge on any atom is 0.370 e. The lowest BCUT2D eigenvalue weighted by Crippen LogP contribution is -2.02. The first-order valence-corrected chi connectivity index (χ1v) is 9.29. The van der Waals surface area contributed by atoms with Gasteiger partial charge in [-0.3, -0.25) is 10.1 Å². The Balaban J connectivity index is 3.49. The van der Waals surface area contributed by atoms with E-state index in [9.17, 15) is 24.5 Å². The average molecular weight is 279 g/mol. The minimum absolute atomic E-state index is 0.114. The maximum absolute atomic E-state index is 11.4. The summed E-state index contributed by atoms with van der Waals surface area (Å²) in [5.74, 6) is 0. The van der Waals surface area contributed by atoms with Gasteiger partial charge < -0.3 is 9.79 Å². The molecule has 0 aliphatic rings. The minimum Gasteiger partial charge on any atom is -0.317 e. The topological polar surface area (TPSA) is 101 Å². The van der Waals surface area contributed by atoms with Crippen molar-refractivity contribution in [3.8, 4) is 0 Å². The molecule has 0 aliphatic heterocycles. The molecule has 0 aromatic heterocycles. The highest BCUT2D eigenvalue weighted by Gasteiger charge is 2.36. The molecule has 1 aromatic rings. The van der Waals surface area contributed by atoms with Crippen molar-refractivity contribution in [3.63, 3.8) is 0 Å². The first kappa shape index (κ1) is 14.2. The number of rotatable bonds is 3. The highest BCUT2D eigenvalue weighted by atomic mass is 32.8. The number of hydrogen-bond donors (Lipinski definition) is 2. The van der Waals surface area contributed by atoms with Gasteiger partial charge in [0.05, 0.1) is 4.92 Å². The molecule has 0 aliphatic carbocycles. The van der Waals surface area contributed by atoms with E-state index in [4.69, 9.17) is 0 Å². The second kappa shape index (κ2) is 4.42. The molecule has 6 nitrogen and oxygen atoms in total. The smallest absolute Gasteiger partial charge is 0.317 e. The Bertz CT molecular complexity index is 510. The predicted octanol–water partition coefficient (Wildman–Crippen LogP) is 2.42. The molecule has 0 saturated heterocycles. The summed E-state index contributed by atoms with van der Waals surface area (Å²) in [5.41, 5.74) is 0.206. The molecule has 0 fully saturated rings. The van der Waals surface area contributed by atoms with Crippen LogP contribution in [0.25, 0.3) is 0 Å². The monoisotopic (exact) mass is 279 g/mol. The first-order chi connectivity index (χ1) is 7.59. The van der Waals surface area contributed by atoms with Gasteiger partial charge in [-0.1, -0.05) is 6.07 Å². The molecule has 0 amide bonds. The lowest BCUT2D eigenvalue weighted by molar-refractivity contribution is -0.385. The van der Waals surface area contributed by atoms with Crippen LogP contribution in [0.1, 0.15) is 5.56 Å². The molecule has 0 heterocycles. The Morgan fingerprint density at radius 2 is 1.88 bits per heavy atom. The highest BCUT2D eigenvalue weighted by Crippen LogP contribution is 2.77. The molecule has 17 heavy (non-hydrogen) atoms. The SMILES string of the molecule is Cc1c([N+](=O)[O-])cccc1S(C)(C)P(=O)(O)O. The molecule has 0 unspecified atom stereocenters. The van der Waals surface area contributed by atoms with Crippen LogP contribution in [0, 0.1) is 17.0 Å². The average Bonchev–Trinajstić information content (AvgIpc) is 2.15. The fourth-order valence-electron chi connectivity index (χ4n) is 1.47. The van der Waals surface area contributed by atoms with Gasteiger partial charge in [-0.15, -0.1) is 9.65 Å². The van der Waals surface area contributed by atoms with Crippen LogP contribution >= 0.6 is 16.4 Å². The van der Waals surface area contributed by atoms with E-state index in [0.29, 0.717) is 10.5 Å². The zero-order chi connectivity index (χ0) is 13.4. The summed E-state index contributed by atoms with van der Waals surface area (Å²) in [6.45, 7) is -2.80. The van der Waals surface area contributed by atoms with Crippen molar-refractivity contribution in [3.05, 3.63) is 33.9 Å². The van der Waals surface area contributed by atoms with Crippen LogP contribution in [0.3, 0.4) is 0 Å². The summed E-state index contributed by atoms with van der Waals surface area (Å²) in [5, 5.41) is 10.8. The van der Waals surface area contributed by atoms with Gasteiger partial charge in [0, 0.05) is 16.5 Å². The predicted molar refractivity (Wildman–Crippen MR) is 67.6 cm³/mol. The van der Waals surface area contributed by atoms with E-state index in [1.165, 1.54) is 37.6 Å². The fraction of sp³-hybridized carbons (Fsp3) is 0.333. The zero-order valence-electron chi connectivity index (χ0n) is 9.65. The molecule has 0 spiro atoms. The van der Waals surface area contributed by atoms with Gasteiger partial charge in [0.25, 0.3) is 5.69 Å². The summed E-state index contributed by atoms with van der Waals surface area (Å²) in [6.07, 6.45) is 2.92. The van der Waals surface area contributed by atoms with E-state index < -0.39 is 21.4 Å². The summed E-state index contributed by atoms with van der Waals surface area (Å²) in [7, 11) is -2.40. The molecular formula is C9H14NO5PS. The van der Waals surface area contributed by atoms with E-state index in [-0.39, 0.29) is 5.69 Å². The standard InChI is InChI=1S/C9H14NO5PS/c1-7-8(10(11)12)5-4-6-9(7)17(2,3)16(13,14)15/h4-6H,1-3H3,(H2,13,14,15). The van der Waals surface area contributed by atoms with Crippen molar-refractivity contribution in [2.45, 2.75) is 11.8 Å². The maximum atomic E-state index is 11.4. The highest BCUT2D eigenvalue weighted by molar-refractivity contribution is 8.76. The van der Waals surface area contributed by atoms with Crippen molar-refractivity contribution < 1.29 is 19.3 Å². The van der Waals surface area contributed by atoms with Crippen molar-refractivity contribution >= 4 is 22.1 Å². The normalized spacial score (nSPS) is 13.5. The first-order valence-electron chi connectivity index (χ1n) is 4.62. The third-order valence-electron chi connectivity index (χ3n) is 2.58. The molecule has 8 heteroatoms. The van der Waals surface area contributed by atoms with Crippen LogP contribution in [0.2, 0.25) is 0 Å². The van der Waals surface area contributed by atoms with E-state index >= 15 is 0 Å². The Morgan fingerprint density at radius 1 is 1.35 bits per heavy atom. The van der Waals surface area contributed by atoms with Crippen LogP contribution in [-0.4, -0.2) is 27.2 Å². The molecule has 96 valence electrons. The van der Waals surface area contributed by atoms with Gasteiger partial charge in [-0.25, -0.2) is 4.57 Å². The molecule has 0 saturated carbocycles. The fourth-order valence-corrected chi connectivity index (χ4v) is 4.35. The van der Waals surface area contributed by atoms with Crippen LogP contribution in [0.4, 0.5) is 5.69 Å². The van der Waals surface area contributed by atoms with Crippen LogP contribution in [0.5, 0.6) is 0 Å². The van der Waals surface area contributed by atoms with Crippen molar-refractivity contribution in [2.24, 2.45) is 0 Å². The third kappa shape index (κ3) is 2.52. The molecule has 0 atom stereocenters. The Labute approximate surface area is 100 Å². The quantitative estimate of drug-likeness (QED) is 0.502. The van der Waals surface area contributed by atoms with Gasteiger partial charge >= 0.3 is 6.80 Å². The molecule has 0 radical (unpaired) electrons. The second-order valence-corrected chi connectivity index (χ2v) is 12.1. The second-order valence-electron chi connectivity index (χ2n) is 3.92. The van der Waals surface area contributed by atoms with Crippen LogP contribution in [-0.2, 0) is 4.57 Å². The third-order valence-corrected chi connectivity index (χ3v) is 9.45. The molecule has 2 N–H and O–H groups in total. The number of nitro groups is 1. The number of hydrogen-bond acceptors (Lipinski definition) is 3. The Morgan fingerprint density at radius 3 is 2.29 bits per heavy atom. The lowest BCUT2D eigenvalue weighted by Gasteiger charge is -2.32. The Hall–Kier alpha value is -0.880. The van der Waals surface area contributed by atoms with Gasteiger partial charge in [-0.05, 0) is 25.5 Å². The van der Waals surface area contributed by atoms with Crippen molar-refractivity contribution in [1.29, 1.82) is 0 Å². The molecule has 1 rings (SSSR count). The Kier molecular flexibility index (Phi) is 3.69. The van der Waals surface area contributed by atoms with E-state index in [2.05, 4.69) is 0 Å². The molecular weight excluding hydrogens is 265 g/mol. The largest absolute Gasteiger partial charge is 0.370 e. The van der Waals surface area contributed by atoms with Gasteiger partial charge in [0.1, 0.15) is 0 Å². The van der Waals surface area contributed by atoms with E-state index in [1.807, 2.05) is 0 Å². The van der Waals surface area contributed by atoms with E-state index in [1.54, 1.807) is 0 Å². The molecule has 1 aromatic carbocycles. The minimum atomic E-state index is -4.31. The summed E-state index contributed by atoms with van der Waals surface area (Å²) in [6, 6.07) is 4.32. The summed E-state index contributed by atoms with van der Waals surface area (Å²) in [4.78, 5) is 29.3. The van der Waals surface area contributed by atoms with Gasteiger partial charge in [0.2, 0.25) is 0 Å². The summed E-state index contributed by atoms with van der Waals surface area (Å²) >= 11 is 0. The lowest BCUT2D eigenvalue weighted by atomic mass is 10.2. The van der Waals surface area contributed by atoms with E-state index in [0.717, 1.165) is 0 Å². The zero-order valence-corrected chi connectivity index (χ0v) is 11.4. The number of nitrogens with zero attached hydrogens (tertiary/aromatic N) is 1. The van der Waals surface area contributed by atoms with Gasteiger partial charge in [-0.2, -0.15) is 0 Å². The van der Waals surface area contributed by atoms with Gasteiger partial charge in [0.15, 0.2) is 0 Å². The van der Waals surface area contributed by atoms with Crippen LogP contribution < -0.4 is 0 Å². The number of nitro benzene ring substituents is 1. The number of benzene rings is 1. The summed E-state index contributed by atoms with van der Waals surface area (Å²) < 4.78 is 11.4. The molecule has 0 bridgehead atoms. The van der Waals surface area contributed by atoms with Crippen LogP contribution in [0.15, 0.2) is 23.1 Å². The van der Waals surface area contributed by atoms with Crippen molar-refractivity contribution in [2.75, 3.05) is 12.5 Å².